The van der Waals surface area contributed by atoms with Crippen LogP contribution < -0.4 is 4.74 Å². The van der Waals surface area contributed by atoms with Crippen molar-refractivity contribution in [2.45, 2.75) is 45.6 Å². The number of rotatable bonds is 5. The molecule has 2 aromatic rings. The average molecular weight is 376 g/mol. The molecule has 1 heterocycles. The van der Waals surface area contributed by atoms with E-state index >= 15 is 0 Å². The van der Waals surface area contributed by atoms with Gasteiger partial charge in [0, 0.05) is 23.0 Å². The van der Waals surface area contributed by atoms with E-state index in [-0.39, 0.29) is 12.4 Å². The average Bonchev–Trinajstić information content (AvgIpc) is 3.14. The maximum atomic E-state index is 12.6. The lowest BCUT2D eigenvalue weighted by Crippen LogP contribution is -2.14. The van der Waals surface area contributed by atoms with Crippen molar-refractivity contribution in [2.75, 3.05) is 6.61 Å². The number of Topliss-reactive ketones (excluding diaryl/α,β-unsaturated/α-hetero) is 1. The molecule has 1 saturated carbocycles. The second-order valence-electron chi connectivity index (χ2n) is 6.24. The molecule has 1 aromatic heterocycles. The third kappa shape index (κ3) is 3.37. The van der Waals surface area contributed by atoms with Gasteiger partial charge in [0.2, 0.25) is 5.78 Å². The number of ketones is 1. The minimum Gasteiger partial charge on any atom is -0.484 e. The summed E-state index contributed by atoms with van der Waals surface area (Å²) < 4.78 is 8.89. The molecule has 1 aliphatic rings. The van der Waals surface area contributed by atoms with Gasteiger partial charge in [-0.15, -0.1) is 0 Å². The van der Waals surface area contributed by atoms with Crippen LogP contribution in [0.2, 0.25) is 0 Å². The molecule has 1 aliphatic carbocycles. The maximum Gasteiger partial charge on any atom is 0.202 e. The number of hydrogen-bond acceptors (Lipinski definition) is 2. The Morgan fingerprint density at radius 3 is 2.65 bits per heavy atom. The first-order valence-electron chi connectivity index (χ1n) is 8.17. The molecule has 3 nitrogen and oxygen atoms in total. The lowest BCUT2D eigenvalue weighted by molar-refractivity contribution is 0.0920. The third-order valence-corrected chi connectivity index (χ3v) is 5.33. The molecule has 0 aliphatic heterocycles. The van der Waals surface area contributed by atoms with Crippen molar-refractivity contribution in [3.05, 3.63) is 51.8 Å². The predicted molar refractivity (Wildman–Crippen MR) is 95.4 cm³/mol. The molecule has 0 amide bonds. The molecule has 0 atom stereocenters. The summed E-state index contributed by atoms with van der Waals surface area (Å²) in [5.74, 6) is 0.739. The lowest BCUT2D eigenvalue weighted by atomic mass is 10.1. The molecule has 122 valence electrons. The Kier molecular flexibility index (Phi) is 4.90. The van der Waals surface area contributed by atoms with Gasteiger partial charge in [0.25, 0.3) is 0 Å². The fraction of sp³-hybridized carbons (Fsp3) is 0.421. The van der Waals surface area contributed by atoms with Gasteiger partial charge in [-0.05, 0) is 60.8 Å². The van der Waals surface area contributed by atoms with Gasteiger partial charge in [0.05, 0.1) is 4.47 Å². The van der Waals surface area contributed by atoms with E-state index in [9.17, 15) is 4.79 Å². The second-order valence-corrected chi connectivity index (χ2v) is 7.09. The number of aryl methyl sites for hydroxylation is 1. The maximum absolute atomic E-state index is 12.6. The highest BCUT2D eigenvalue weighted by atomic mass is 79.9. The number of para-hydroxylation sites is 1. The Hall–Kier alpha value is -1.55. The van der Waals surface area contributed by atoms with Gasteiger partial charge in [-0.1, -0.05) is 25.0 Å². The molecule has 3 rings (SSSR count). The molecule has 23 heavy (non-hydrogen) atoms. The number of hydrogen-bond donors (Lipinski definition) is 0. The second kappa shape index (κ2) is 6.91. The van der Waals surface area contributed by atoms with E-state index in [1.165, 1.54) is 31.4 Å². The van der Waals surface area contributed by atoms with Gasteiger partial charge in [-0.3, -0.25) is 4.79 Å². The minimum absolute atomic E-state index is 0.0399. The summed E-state index contributed by atoms with van der Waals surface area (Å²) in [6, 6.07) is 10.2. The van der Waals surface area contributed by atoms with Gasteiger partial charge < -0.3 is 9.30 Å². The Balaban J connectivity index is 1.75. The first kappa shape index (κ1) is 16.3. The SMILES string of the molecule is Cc1cc(C(=O)COc2ccccc2Br)c(C)n1C1CCCC1. The lowest BCUT2D eigenvalue weighted by Gasteiger charge is -2.17. The van der Waals surface area contributed by atoms with Crippen LogP contribution in [0.5, 0.6) is 5.75 Å². The quantitative estimate of drug-likeness (QED) is 0.668. The standard InChI is InChI=1S/C19H22BrNO2/c1-13-11-16(14(2)21(13)15-7-3-4-8-15)18(22)12-23-19-10-6-5-9-17(19)20/h5-6,9-11,15H,3-4,7-8,12H2,1-2H3. The first-order chi connectivity index (χ1) is 11.1. The molecule has 0 radical (unpaired) electrons. The van der Waals surface area contributed by atoms with E-state index in [0.29, 0.717) is 11.8 Å². The van der Waals surface area contributed by atoms with E-state index in [0.717, 1.165) is 15.7 Å². The minimum atomic E-state index is 0.0399. The van der Waals surface area contributed by atoms with Crippen molar-refractivity contribution in [3.63, 3.8) is 0 Å². The molecule has 1 fully saturated rings. The molecule has 0 unspecified atom stereocenters. The van der Waals surface area contributed by atoms with Crippen molar-refractivity contribution >= 4 is 21.7 Å². The Morgan fingerprint density at radius 2 is 1.96 bits per heavy atom. The fourth-order valence-electron chi connectivity index (χ4n) is 3.57. The van der Waals surface area contributed by atoms with Crippen LogP contribution in [0.3, 0.4) is 0 Å². The van der Waals surface area contributed by atoms with Crippen LogP contribution in [0, 0.1) is 13.8 Å². The summed E-state index contributed by atoms with van der Waals surface area (Å²) in [5, 5.41) is 0. The molecule has 0 spiro atoms. The predicted octanol–water partition coefficient (Wildman–Crippen LogP) is 5.24. The molecule has 4 heteroatoms. The van der Waals surface area contributed by atoms with Crippen LogP contribution in [0.4, 0.5) is 0 Å². The summed E-state index contributed by atoms with van der Waals surface area (Å²) in [6.07, 6.45) is 5.02. The van der Waals surface area contributed by atoms with Crippen molar-refractivity contribution in [2.24, 2.45) is 0 Å². The van der Waals surface area contributed by atoms with E-state index in [2.05, 4.69) is 34.3 Å². The zero-order chi connectivity index (χ0) is 16.4. The van der Waals surface area contributed by atoms with Crippen LogP contribution in [-0.4, -0.2) is 17.0 Å². The summed E-state index contributed by atoms with van der Waals surface area (Å²) in [4.78, 5) is 12.6. The van der Waals surface area contributed by atoms with Crippen LogP contribution >= 0.6 is 15.9 Å². The zero-order valence-electron chi connectivity index (χ0n) is 13.6. The summed E-state index contributed by atoms with van der Waals surface area (Å²) >= 11 is 3.44. The summed E-state index contributed by atoms with van der Waals surface area (Å²) in [6.45, 7) is 4.21. The van der Waals surface area contributed by atoms with Gasteiger partial charge >= 0.3 is 0 Å². The molecular formula is C19H22BrNO2. The van der Waals surface area contributed by atoms with Gasteiger partial charge in [0.1, 0.15) is 5.75 Å². The number of aromatic nitrogens is 1. The van der Waals surface area contributed by atoms with E-state index in [1.807, 2.05) is 30.3 Å². The summed E-state index contributed by atoms with van der Waals surface area (Å²) in [7, 11) is 0. The van der Waals surface area contributed by atoms with E-state index in [1.54, 1.807) is 0 Å². The Bertz CT molecular complexity index is 714. The molecule has 0 bridgehead atoms. The molecular weight excluding hydrogens is 354 g/mol. The highest BCUT2D eigenvalue weighted by molar-refractivity contribution is 9.10. The van der Waals surface area contributed by atoms with Gasteiger partial charge in [-0.25, -0.2) is 0 Å². The number of benzene rings is 1. The van der Waals surface area contributed by atoms with Gasteiger partial charge in [0.15, 0.2) is 6.61 Å². The number of carbonyl (C=O) groups excluding carboxylic acids is 1. The summed E-state index contributed by atoms with van der Waals surface area (Å²) in [5.41, 5.74) is 3.05. The van der Waals surface area contributed by atoms with Crippen molar-refractivity contribution < 1.29 is 9.53 Å². The van der Waals surface area contributed by atoms with E-state index < -0.39 is 0 Å². The Labute approximate surface area is 145 Å². The van der Waals surface area contributed by atoms with Crippen LogP contribution in [0.1, 0.15) is 53.5 Å². The number of ether oxygens (including phenoxy) is 1. The number of halogens is 1. The van der Waals surface area contributed by atoms with E-state index in [4.69, 9.17) is 4.74 Å². The third-order valence-electron chi connectivity index (χ3n) is 4.67. The normalized spacial score (nSPS) is 15.1. The Morgan fingerprint density at radius 1 is 1.26 bits per heavy atom. The molecule has 1 aromatic carbocycles. The molecule has 0 saturated heterocycles. The van der Waals surface area contributed by atoms with Crippen LogP contribution in [0.15, 0.2) is 34.8 Å². The molecule has 0 N–H and O–H groups in total. The van der Waals surface area contributed by atoms with Crippen molar-refractivity contribution in [1.29, 1.82) is 0 Å². The monoisotopic (exact) mass is 375 g/mol. The topological polar surface area (TPSA) is 31.2 Å². The van der Waals surface area contributed by atoms with Crippen LogP contribution in [0.25, 0.3) is 0 Å². The van der Waals surface area contributed by atoms with Crippen molar-refractivity contribution in [1.82, 2.24) is 4.57 Å². The fourth-order valence-corrected chi connectivity index (χ4v) is 3.97. The van der Waals surface area contributed by atoms with Crippen LogP contribution in [-0.2, 0) is 0 Å². The number of carbonyl (C=O) groups is 1. The van der Waals surface area contributed by atoms with Crippen molar-refractivity contribution in [3.8, 4) is 5.75 Å². The zero-order valence-corrected chi connectivity index (χ0v) is 15.2. The highest BCUT2D eigenvalue weighted by Gasteiger charge is 2.23. The number of nitrogens with zero attached hydrogens (tertiary/aromatic N) is 1. The first-order valence-corrected chi connectivity index (χ1v) is 8.96. The van der Waals surface area contributed by atoms with Gasteiger partial charge in [-0.2, -0.15) is 0 Å². The largest absolute Gasteiger partial charge is 0.484 e. The smallest absolute Gasteiger partial charge is 0.202 e. The highest BCUT2D eigenvalue weighted by Crippen LogP contribution is 2.33.